The average molecular weight is 167 g/mol. The topological polar surface area (TPSA) is 29.1 Å². The third-order valence-corrected chi connectivity index (χ3v) is 2.34. The number of allylic oxidation sites excluding steroid dienone is 1. The molecule has 0 amide bonds. The molecule has 1 saturated carbocycles. The zero-order valence-corrected chi connectivity index (χ0v) is 7.46. The van der Waals surface area contributed by atoms with Gasteiger partial charge >= 0.3 is 0 Å². The van der Waals surface area contributed by atoms with Crippen molar-refractivity contribution >= 4 is 6.29 Å². The highest BCUT2D eigenvalue weighted by Crippen LogP contribution is 2.16. The quantitative estimate of drug-likeness (QED) is 0.509. The fraction of sp³-hybridized carbons (Fsp3) is 0.700. The highest BCUT2D eigenvalue weighted by molar-refractivity contribution is 5.64. The molecule has 0 heterocycles. The summed E-state index contributed by atoms with van der Waals surface area (Å²) >= 11 is 0. The van der Waals surface area contributed by atoms with E-state index in [9.17, 15) is 4.79 Å². The summed E-state index contributed by atoms with van der Waals surface area (Å²) in [7, 11) is 0. The monoisotopic (exact) mass is 167 g/mol. The van der Waals surface area contributed by atoms with Gasteiger partial charge in [-0.3, -0.25) is 4.79 Å². The van der Waals surface area contributed by atoms with E-state index in [0.717, 1.165) is 12.8 Å². The molecular formula is C10H17NO. The Bertz CT molecular complexity index is 148. The van der Waals surface area contributed by atoms with Gasteiger partial charge in [0.05, 0.1) is 0 Å². The molecule has 0 unspecified atom stereocenters. The van der Waals surface area contributed by atoms with Gasteiger partial charge in [-0.25, -0.2) is 0 Å². The normalized spacial score (nSPS) is 20.0. The van der Waals surface area contributed by atoms with E-state index in [1.807, 2.05) is 6.08 Å². The Morgan fingerprint density at radius 2 is 2.00 bits per heavy atom. The molecule has 0 aromatic carbocycles. The van der Waals surface area contributed by atoms with Crippen molar-refractivity contribution in [2.24, 2.45) is 0 Å². The minimum absolute atomic E-state index is 0.690. The van der Waals surface area contributed by atoms with Gasteiger partial charge in [-0.05, 0) is 18.9 Å². The lowest BCUT2D eigenvalue weighted by molar-refractivity contribution is -0.104. The molecule has 1 aliphatic rings. The van der Waals surface area contributed by atoms with Crippen LogP contribution >= 0.6 is 0 Å². The van der Waals surface area contributed by atoms with E-state index in [4.69, 9.17) is 0 Å². The molecule has 0 radical (unpaired) electrons. The van der Waals surface area contributed by atoms with Gasteiger partial charge in [0.15, 0.2) is 0 Å². The predicted octanol–water partition coefficient (Wildman–Crippen LogP) is 1.66. The first-order valence-electron chi connectivity index (χ1n) is 4.77. The Hall–Kier alpha value is -0.630. The van der Waals surface area contributed by atoms with Gasteiger partial charge < -0.3 is 5.32 Å². The Morgan fingerprint density at radius 1 is 1.25 bits per heavy atom. The second kappa shape index (κ2) is 5.95. The summed E-state index contributed by atoms with van der Waals surface area (Å²) in [4.78, 5) is 9.94. The van der Waals surface area contributed by atoms with Gasteiger partial charge in [-0.15, -0.1) is 0 Å². The average Bonchev–Trinajstić information content (AvgIpc) is 2.14. The van der Waals surface area contributed by atoms with E-state index in [1.165, 1.54) is 32.1 Å². The Labute approximate surface area is 74.0 Å². The summed E-state index contributed by atoms with van der Waals surface area (Å²) in [5, 5.41) is 3.41. The molecule has 0 atom stereocenters. The SMILES string of the molecule is O=CC=CCNC1CCCCC1. The number of carbonyl (C=O) groups is 1. The van der Waals surface area contributed by atoms with Gasteiger partial charge in [-0.1, -0.05) is 25.3 Å². The molecule has 0 spiro atoms. The van der Waals surface area contributed by atoms with Crippen molar-refractivity contribution in [3.63, 3.8) is 0 Å². The van der Waals surface area contributed by atoms with Crippen LogP contribution in [0.25, 0.3) is 0 Å². The maximum absolute atomic E-state index is 9.94. The lowest BCUT2D eigenvalue weighted by Gasteiger charge is -2.21. The zero-order chi connectivity index (χ0) is 8.65. The van der Waals surface area contributed by atoms with Crippen LogP contribution in [0.4, 0.5) is 0 Å². The van der Waals surface area contributed by atoms with E-state index in [0.29, 0.717) is 6.04 Å². The summed E-state index contributed by atoms with van der Waals surface area (Å²) in [6.45, 7) is 0.837. The van der Waals surface area contributed by atoms with Crippen LogP contribution in [0.1, 0.15) is 32.1 Å². The highest BCUT2D eigenvalue weighted by Gasteiger charge is 2.10. The Balaban J connectivity index is 2.05. The lowest BCUT2D eigenvalue weighted by atomic mass is 9.95. The summed E-state index contributed by atoms with van der Waals surface area (Å²) in [5.74, 6) is 0. The summed E-state index contributed by atoms with van der Waals surface area (Å²) < 4.78 is 0. The fourth-order valence-corrected chi connectivity index (χ4v) is 1.67. The molecule has 1 aliphatic carbocycles. The molecule has 0 aromatic rings. The van der Waals surface area contributed by atoms with E-state index >= 15 is 0 Å². The van der Waals surface area contributed by atoms with Crippen LogP contribution < -0.4 is 5.32 Å². The molecule has 0 aromatic heterocycles. The number of aldehydes is 1. The van der Waals surface area contributed by atoms with E-state index in [2.05, 4.69) is 5.32 Å². The van der Waals surface area contributed by atoms with Crippen molar-refractivity contribution in [3.8, 4) is 0 Å². The second-order valence-corrected chi connectivity index (χ2v) is 3.31. The number of rotatable bonds is 4. The predicted molar refractivity (Wildman–Crippen MR) is 50.1 cm³/mol. The molecule has 0 aliphatic heterocycles. The molecule has 0 bridgehead atoms. The maximum Gasteiger partial charge on any atom is 0.142 e. The Kier molecular flexibility index (Phi) is 4.69. The van der Waals surface area contributed by atoms with Crippen molar-refractivity contribution in [3.05, 3.63) is 12.2 Å². The van der Waals surface area contributed by atoms with Gasteiger partial charge in [0.1, 0.15) is 6.29 Å². The van der Waals surface area contributed by atoms with E-state index < -0.39 is 0 Å². The zero-order valence-electron chi connectivity index (χ0n) is 7.46. The Morgan fingerprint density at radius 3 is 2.67 bits per heavy atom. The van der Waals surface area contributed by atoms with Crippen LogP contribution in [0.3, 0.4) is 0 Å². The van der Waals surface area contributed by atoms with Crippen molar-refractivity contribution < 1.29 is 4.79 Å². The standard InChI is InChI=1S/C10H17NO/c12-9-5-4-8-11-10-6-2-1-3-7-10/h4-5,9-11H,1-3,6-8H2. The number of hydrogen-bond acceptors (Lipinski definition) is 2. The molecule has 68 valence electrons. The first kappa shape index (κ1) is 9.46. The van der Waals surface area contributed by atoms with Gasteiger partial charge in [0.2, 0.25) is 0 Å². The first-order valence-corrected chi connectivity index (χ1v) is 4.77. The van der Waals surface area contributed by atoms with Crippen LogP contribution in [0.5, 0.6) is 0 Å². The van der Waals surface area contributed by atoms with Crippen LogP contribution in [-0.2, 0) is 4.79 Å². The maximum atomic E-state index is 9.94. The molecule has 12 heavy (non-hydrogen) atoms. The van der Waals surface area contributed by atoms with Crippen molar-refractivity contribution in [2.75, 3.05) is 6.54 Å². The third kappa shape index (κ3) is 3.67. The molecule has 2 heteroatoms. The summed E-state index contributed by atoms with van der Waals surface area (Å²) in [6.07, 6.45) is 11.0. The third-order valence-electron chi connectivity index (χ3n) is 2.34. The minimum Gasteiger partial charge on any atom is -0.311 e. The first-order chi connectivity index (χ1) is 5.93. The lowest BCUT2D eigenvalue weighted by Crippen LogP contribution is -2.30. The van der Waals surface area contributed by atoms with Gasteiger partial charge in [0.25, 0.3) is 0 Å². The number of nitrogens with one attached hydrogen (secondary N) is 1. The van der Waals surface area contributed by atoms with Crippen molar-refractivity contribution in [1.82, 2.24) is 5.32 Å². The van der Waals surface area contributed by atoms with E-state index in [-0.39, 0.29) is 0 Å². The molecule has 1 rings (SSSR count). The second-order valence-electron chi connectivity index (χ2n) is 3.31. The smallest absolute Gasteiger partial charge is 0.142 e. The summed E-state index contributed by atoms with van der Waals surface area (Å²) in [5.41, 5.74) is 0. The molecule has 1 N–H and O–H groups in total. The molecular weight excluding hydrogens is 150 g/mol. The van der Waals surface area contributed by atoms with E-state index in [1.54, 1.807) is 6.08 Å². The van der Waals surface area contributed by atoms with Crippen LogP contribution in [0, 0.1) is 0 Å². The number of carbonyl (C=O) groups excluding carboxylic acids is 1. The van der Waals surface area contributed by atoms with Crippen LogP contribution in [0.15, 0.2) is 12.2 Å². The summed E-state index contributed by atoms with van der Waals surface area (Å²) in [6, 6.07) is 0.690. The molecule has 2 nitrogen and oxygen atoms in total. The highest BCUT2D eigenvalue weighted by atomic mass is 16.1. The fourth-order valence-electron chi connectivity index (χ4n) is 1.67. The van der Waals surface area contributed by atoms with Gasteiger partial charge in [-0.2, -0.15) is 0 Å². The molecule has 1 fully saturated rings. The van der Waals surface area contributed by atoms with Crippen LogP contribution in [-0.4, -0.2) is 18.9 Å². The minimum atomic E-state index is 0.690. The van der Waals surface area contributed by atoms with Crippen molar-refractivity contribution in [1.29, 1.82) is 0 Å². The molecule has 0 saturated heterocycles. The largest absolute Gasteiger partial charge is 0.311 e. The van der Waals surface area contributed by atoms with Gasteiger partial charge in [0, 0.05) is 12.6 Å². The van der Waals surface area contributed by atoms with Crippen molar-refractivity contribution in [2.45, 2.75) is 38.1 Å². The number of hydrogen-bond donors (Lipinski definition) is 1. The van der Waals surface area contributed by atoms with Crippen LogP contribution in [0.2, 0.25) is 0 Å².